The number of rotatable bonds is 38. The van der Waals surface area contributed by atoms with Crippen LogP contribution in [0.15, 0.2) is 122 Å². The summed E-state index contributed by atoms with van der Waals surface area (Å²) in [4.78, 5) is 35.4. The molecule has 0 bridgehead atoms. The monoisotopic (exact) mass is 887 g/mol. The third-order valence-corrected chi connectivity index (χ3v) is 9.69. The van der Waals surface area contributed by atoms with Crippen LogP contribution < -0.4 is 0 Å². The highest BCUT2D eigenvalue weighted by Gasteiger charge is 2.27. The Balaban J connectivity index is 4.74. The lowest BCUT2D eigenvalue weighted by atomic mass is 10.0. The van der Waals surface area contributed by atoms with E-state index in [0.29, 0.717) is 17.4 Å². The number of esters is 2. The number of phosphoric ester groups is 1. The van der Waals surface area contributed by atoms with Gasteiger partial charge in [-0.2, -0.15) is 0 Å². The normalized spacial score (nSPS) is 15.7. The highest BCUT2D eigenvalue weighted by molar-refractivity contribution is 7.47. The first-order valence-electron chi connectivity index (χ1n) is 22.4. The van der Waals surface area contributed by atoms with Crippen LogP contribution in [0.1, 0.15) is 117 Å². The van der Waals surface area contributed by atoms with Crippen LogP contribution in [0.4, 0.5) is 0 Å². The van der Waals surface area contributed by atoms with Gasteiger partial charge < -0.3 is 29.1 Å². The number of hydrogen-bond donors (Lipinski definition) is 3. The zero-order valence-electron chi connectivity index (χ0n) is 38.5. The molecule has 0 aliphatic rings. The number of aliphatic hydroxyl groups excluding tert-OH is 2. The molecule has 12 heteroatoms. The Kier molecular flexibility index (Phi) is 37.8. The Labute approximate surface area is 374 Å². The second-order valence-electron chi connectivity index (χ2n) is 15.6. The van der Waals surface area contributed by atoms with E-state index in [0.717, 1.165) is 64.2 Å². The van der Waals surface area contributed by atoms with Gasteiger partial charge in [-0.05, 0) is 89.9 Å². The average molecular weight is 887 g/mol. The summed E-state index contributed by atoms with van der Waals surface area (Å²) in [6, 6.07) is 0. The molecule has 0 rings (SSSR count). The van der Waals surface area contributed by atoms with Crippen molar-refractivity contribution >= 4 is 19.8 Å². The highest BCUT2D eigenvalue weighted by atomic mass is 31.2. The number of aliphatic hydroxyl groups is 2. The number of phosphoric acid groups is 1. The van der Waals surface area contributed by atoms with Crippen molar-refractivity contribution in [3.05, 3.63) is 122 Å². The molecule has 0 amide bonds. The van der Waals surface area contributed by atoms with E-state index in [1.807, 2.05) is 51.5 Å². The van der Waals surface area contributed by atoms with Crippen LogP contribution in [0.2, 0.25) is 0 Å². The number of quaternary nitrogens is 1. The predicted octanol–water partition coefficient (Wildman–Crippen LogP) is 10.8. The van der Waals surface area contributed by atoms with Crippen LogP contribution in [0, 0.1) is 0 Å². The molecule has 4 atom stereocenters. The van der Waals surface area contributed by atoms with Crippen molar-refractivity contribution in [3.8, 4) is 0 Å². The lowest BCUT2D eigenvalue weighted by Gasteiger charge is -2.24. The lowest BCUT2D eigenvalue weighted by molar-refractivity contribution is -0.870. The third kappa shape index (κ3) is 41.7. The van der Waals surface area contributed by atoms with E-state index in [1.54, 1.807) is 0 Å². The van der Waals surface area contributed by atoms with Gasteiger partial charge in [0.15, 0.2) is 6.10 Å². The first kappa shape index (κ1) is 58.3. The number of nitrogens with zero attached hydrogens (tertiary/aromatic N) is 1. The van der Waals surface area contributed by atoms with E-state index in [4.69, 9.17) is 18.5 Å². The average Bonchev–Trinajstić information content (AvgIpc) is 3.22. The van der Waals surface area contributed by atoms with Crippen molar-refractivity contribution < 1.29 is 52.3 Å². The first-order valence-corrected chi connectivity index (χ1v) is 23.9. The van der Waals surface area contributed by atoms with Gasteiger partial charge in [0.25, 0.3) is 0 Å². The maximum absolute atomic E-state index is 12.7. The summed E-state index contributed by atoms with van der Waals surface area (Å²) in [5.41, 5.74) is 0. The third-order valence-electron chi connectivity index (χ3n) is 8.70. The van der Waals surface area contributed by atoms with Crippen molar-refractivity contribution in [2.45, 2.75) is 135 Å². The summed E-state index contributed by atoms with van der Waals surface area (Å²) in [6.07, 6.45) is 48.7. The van der Waals surface area contributed by atoms with E-state index in [1.165, 1.54) is 0 Å². The zero-order valence-corrected chi connectivity index (χ0v) is 39.4. The van der Waals surface area contributed by atoms with E-state index in [2.05, 4.69) is 105 Å². The fourth-order valence-electron chi connectivity index (χ4n) is 5.12. The van der Waals surface area contributed by atoms with Gasteiger partial charge in [-0.1, -0.05) is 135 Å². The first-order chi connectivity index (χ1) is 29.8. The van der Waals surface area contributed by atoms with Gasteiger partial charge in [0, 0.05) is 12.8 Å². The Morgan fingerprint density at radius 2 is 1.00 bits per heavy atom. The molecular formula is C50H81NO10P+. The van der Waals surface area contributed by atoms with E-state index >= 15 is 0 Å². The SMILES string of the molecule is CC/C=C\C/C=C\C/C=C\C/C=C\C/C=C\C/C=C\CCC(=O)OC[C@H](COP(=O)(O)OCC[N+](C)(C)C)OC(=O)CCC[C@@H](O)[C@H](O)C/C=C\C/C=C\C/C=C\C/C=C\CC. The van der Waals surface area contributed by atoms with Gasteiger partial charge in [-0.3, -0.25) is 18.6 Å². The molecule has 0 saturated heterocycles. The molecule has 0 radical (unpaired) electrons. The number of allylic oxidation sites excluding steroid dienone is 19. The highest BCUT2D eigenvalue weighted by Crippen LogP contribution is 2.43. The van der Waals surface area contributed by atoms with Gasteiger partial charge >= 0.3 is 19.8 Å². The summed E-state index contributed by atoms with van der Waals surface area (Å²) in [7, 11) is 1.23. The zero-order chi connectivity index (χ0) is 46.0. The molecular weight excluding hydrogens is 806 g/mol. The standard InChI is InChI=1S/C50H80NO10P/c1-6-8-10-12-14-16-18-20-21-22-23-24-25-26-28-30-32-34-36-40-49(54)58-44-46(45-60-62(56,57)59-43-42-51(3,4)5)61-50(55)41-37-39-48(53)47(52)38-35-33-31-29-27-19-17-15-13-11-9-7-2/h8-11,14-17,20-21,23-24,26-29,32-35,46-48,52-53H,6-7,12-13,18-19,22,25,30-31,36-45H2,1-5H3/p+1/b10-8-,11-9-,16-14-,17-15-,21-20-,24-23-,28-26-,29-27-,34-32-,35-33-/t46-,47-,48-/m1/s1. The van der Waals surface area contributed by atoms with E-state index in [-0.39, 0.29) is 45.3 Å². The minimum absolute atomic E-state index is 0.0399. The minimum Gasteiger partial charge on any atom is -0.462 e. The molecule has 0 saturated carbocycles. The van der Waals surface area contributed by atoms with E-state index in [9.17, 15) is 29.3 Å². The fraction of sp³-hybridized carbons (Fsp3) is 0.560. The molecule has 11 nitrogen and oxygen atoms in total. The quantitative estimate of drug-likeness (QED) is 0.0237. The van der Waals surface area contributed by atoms with Crippen molar-refractivity contribution in [3.63, 3.8) is 0 Å². The Morgan fingerprint density at radius 3 is 1.45 bits per heavy atom. The number of carbonyl (C=O) groups is 2. The lowest BCUT2D eigenvalue weighted by Crippen LogP contribution is -2.37. The summed E-state index contributed by atoms with van der Waals surface area (Å²) in [5.74, 6) is -1.20. The molecule has 3 N–H and O–H groups in total. The molecule has 0 heterocycles. The fourth-order valence-corrected chi connectivity index (χ4v) is 5.87. The van der Waals surface area contributed by atoms with Gasteiger partial charge in [0.05, 0.1) is 40.0 Å². The van der Waals surface area contributed by atoms with Gasteiger partial charge in [0.1, 0.15) is 19.8 Å². The number of carbonyl (C=O) groups excluding carboxylic acids is 2. The second kappa shape index (κ2) is 40.1. The van der Waals surface area contributed by atoms with Crippen LogP contribution in [-0.2, 0) is 32.7 Å². The van der Waals surface area contributed by atoms with E-state index < -0.39 is 44.7 Å². The maximum Gasteiger partial charge on any atom is 0.472 e. The van der Waals surface area contributed by atoms with Crippen molar-refractivity contribution in [2.24, 2.45) is 0 Å². The van der Waals surface area contributed by atoms with Gasteiger partial charge in [0.2, 0.25) is 0 Å². The molecule has 0 fully saturated rings. The maximum atomic E-state index is 12.7. The molecule has 62 heavy (non-hydrogen) atoms. The number of ether oxygens (including phenoxy) is 2. The molecule has 0 aliphatic heterocycles. The molecule has 0 aromatic heterocycles. The largest absolute Gasteiger partial charge is 0.472 e. The van der Waals surface area contributed by atoms with Crippen LogP contribution in [0.25, 0.3) is 0 Å². The summed E-state index contributed by atoms with van der Waals surface area (Å²) in [5, 5.41) is 20.8. The molecule has 0 spiro atoms. The van der Waals surface area contributed by atoms with Gasteiger partial charge in [-0.15, -0.1) is 0 Å². The molecule has 0 aromatic carbocycles. The predicted molar refractivity (Wildman–Crippen MR) is 254 cm³/mol. The van der Waals surface area contributed by atoms with Crippen molar-refractivity contribution in [1.29, 1.82) is 0 Å². The van der Waals surface area contributed by atoms with Crippen LogP contribution in [0.5, 0.6) is 0 Å². The minimum atomic E-state index is -4.49. The summed E-state index contributed by atoms with van der Waals surface area (Å²) < 4.78 is 34.0. The summed E-state index contributed by atoms with van der Waals surface area (Å²) in [6.45, 7) is 3.72. The topological polar surface area (TPSA) is 149 Å². The van der Waals surface area contributed by atoms with Crippen LogP contribution in [-0.4, -0.2) is 97.3 Å². The number of hydrogen-bond acceptors (Lipinski definition) is 9. The molecule has 0 aromatic rings. The second-order valence-corrected chi connectivity index (χ2v) is 17.1. The molecule has 1 unspecified atom stereocenters. The van der Waals surface area contributed by atoms with Crippen molar-refractivity contribution in [2.75, 3.05) is 47.5 Å². The Morgan fingerprint density at radius 1 is 0.565 bits per heavy atom. The van der Waals surface area contributed by atoms with Crippen LogP contribution >= 0.6 is 7.82 Å². The molecule has 350 valence electrons. The van der Waals surface area contributed by atoms with Crippen molar-refractivity contribution in [1.82, 2.24) is 0 Å². The summed E-state index contributed by atoms with van der Waals surface area (Å²) >= 11 is 0. The Hall–Kier alpha value is -3.67. The Bertz CT molecular complexity index is 1500. The van der Waals surface area contributed by atoms with Crippen LogP contribution in [0.3, 0.4) is 0 Å². The smallest absolute Gasteiger partial charge is 0.462 e. The number of likely N-dealkylation sites (N-methyl/N-ethyl adjacent to an activating group) is 1. The molecule has 0 aliphatic carbocycles. The van der Waals surface area contributed by atoms with Gasteiger partial charge in [-0.25, -0.2) is 4.57 Å².